The van der Waals surface area contributed by atoms with Gasteiger partial charge in [0, 0.05) is 13.6 Å². The van der Waals surface area contributed by atoms with Gasteiger partial charge in [-0.1, -0.05) is 19.1 Å². The number of hydrogen-bond acceptors (Lipinski definition) is 3. The number of nitrogens with one attached hydrogen (secondary N) is 1. The van der Waals surface area contributed by atoms with Gasteiger partial charge in [0.05, 0.1) is 11.7 Å². The van der Waals surface area contributed by atoms with Gasteiger partial charge in [0.25, 0.3) is 0 Å². The molecule has 0 aliphatic rings. The first-order chi connectivity index (χ1) is 10.1. The normalized spacial score (nSPS) is 12.0. The maximum absolute atomic E-state index is 5.40. The molecule has 1 aromatic carbocycles. The molecule has 0 aliphatic carbocycles. The molecule has 1 N–H and O–H groups in total. The maximum atomic E-state index is 5.40. The Morgan fingerprint density at radius 2 is 2.10 bits per heavy atom. The van der Waals surface area contributed by atoms with Crippen LogP contribution in [0.25, 0.3) is 5.69 Å². The number of thiocarbonyl (C=S) groups is 1. The Balaban J connectivity index is 2.05. The molecule has 0 aliphatic heterocycles. The minimum absolute atomic E-state index is 0.214. The molecule has 6 heteroatoms. The minimum atomic E-state index is 0.214. The summed E-state index contributed by atoms with van der Waals surface area (Å²) in [7, 11) is 2.01. The van der Waals surface area contributed by atoms with E-state index in [4.69, 9.17) is 12.2 Å². The molecule has 2 aromatic rings. The molecule has 0 unspecified atom stereocenters. The zero-order valence-electron chi connectivity index (χ0n) is 12.7. The van der Waals surface area contributed by atoms with Crippen LogP contribution < -0.4 is 5.32 Å². The fourth-order valence-corrected chi connectivity index (χ4v) is 2.26. The lowest BCUT2D eigenvalue weighted by atomic mass is 10.1. The predicted molar refractivity (Wildman–Crippen MR) is 88.4 cm³/mol. The molecule has 0 radical (unpaired) electrons. The van der Waals surface area contributed by atoms with Crippen molar-refractivity contribution in [3.05, 3.63) is 42.5 Å². The van der Waals surface area contributed by atoms with Crippen LogP contribution in [0.2, 0.25) is 0 Å². The zero-order valence-corrected chi connectivity index (χ0v) is 13.5. The van der Waals surface area contributed by atoms with Crippen LogP contribution in [0.4, 0.5) is 0 Å². The molecule has 0 fully saturated rings. The molecule has 5 nitrogen and oxygen atoms in total. The minimum Gasteiger partial charge on any atom is -0.363 e. The largest absolute Gasteiger partial charge is 0.363 e. The topological polar surface area (TPSA) is 46.0 Å². The van der Waals surface area contributed by atoms with Crippen LogP contribution in [-0.4, -0.2) is 38.4 Å². The van der Waals surface area contributed by atoms with Gasteiger partial charge >= 0.3 is 0 Å². The molecule has 112 valence electrons. The summed E-state index contributed by atoms with van der Waals surface area (Å²) in [6.45, 7) is 5.17. The lowest BCUT2D eigenvalue weighted by Gasteiger charge is -2.28. The number of benzene rings is 1. The number of aromatic nitrogens is 3. The molecule has 0 saturated heterocycles. The van der Waals surface area contributed by atoms with E-state index >= 15 is 0 Å². The molecule has 0 spiro atoms. The second-order valence-corrected chi connectivity index (χ2v) is 5.34. The van der Waals surface area contributed by atoms with Crippen molar-refractivity contribution in [1.29, 1.82) is 0 Å². The van der Waals surface area contributed by atoms with Crippen molar-refractivity contribution in [3.63, 3.8) is 0 Å². The van der Waals surface area contributed by atoms with E-state index in [1.54, 1.807) is 11.0 Å². The fourth-order valence-electron chi connectivity index (χ4n) is 2.00. The van der Waals surface area contributed by atoms with E-state index in [1.165, 1.54) is 11.9 Å². The highest BCUT2D eigenvalue weighted by molar-refractivity contribution is 7.80. The molecule has 1 heterocycles. The van der Waals surface area contributed by atoms with Gasteiger partial charge in [-0.3, -0.25) is 0 Å². The van der Waals surface area contributed by atoms with E-state index in [1.807, 2.05) is 19.2 Å². The van der Waals surface area contributed by atoms with Crippen LogP contribution in [0.15, 0.2) is 36.9 Å². The summed E-state index contributed by atoms with van der Waals surface area (Å²) in [4.78, 5) is 6.03. The van der Waals surface area contributed by atoms with Crippen LogP contribution in [-0.2, 0) is 0 Å². The van der Waals surface area contributed by atoms with Gasteiger partial charge in [0.1, 0.15) is 12.7 Å². The molecule has 21 heavy (non-hydrogen) atoms. The fraction of sp³-hybridized carbons (Fsp3) is 0.400. The van der Waals surface area contributed by atoms with Crippen LogP contribution in [0.5, 0.6) is 0 Å². The van der Waals surface area contributed by atoms with Gasteiger partial charge in [0.15, 0.2) is 5.11 Å². The molecule has 1 atom stereocenters. The summed E-state index contributed by atoms with van der Waals surface area (Å²) in [6.07, 6.45) is 4.28. The average Bonchev–Trinajstić information content (AvgIpc) is 3.05. The van der Waals surface area contributed by atoms with Crippen molar-refractivity contribution in [2.24, 2.45) is 0 Å². The Hall–Kier alpha value is -1.95. The number of hydrogen-bond donors (Lipinski definition) is 1. The van der Waals surface area contributed by atoms with Gasteiger partial charge in [-0.25, -0.2) is 9.67 Å². The zero-order chi connectivity index (χ0) is 15.2. The second kappa shape index (κ2) is 7.17. The van der Waals surface area contributed by atoms with E-state index in [2.05, 4.69) is 46.3 Å². The van der Waals surface area contributed by atoms with Crippen molar-refractivity contribution in [2.75, 3.05) is 13.6 Å². The highest BCUT2D eigenvalue weighted by Gasteiger charge is 2.14. The molecule has 1 aromatic heterocycles. The summed E-state index contributed by atoms with van der Waals surface area (Å²) >= 11 is 5.40. The van der Waals surface area contributed by atoms with Crippen molar-refractivity contribution in [2.45, 2.75) is 26.3 Å². The van der Waals surface area contributed by atoms with Crippen LogP contribution in [0.1, 0.15) is 31.9 Å². The Morgan fingerprint density at radius 3 is 2.67 bits per heavy atom. The standard InChI is InChI=1S/C15H21N5S/c1-4-9-17-15(21)19(3)12(2)13-5-7-14(8-6-13)20-11-16-10-18-20/h5-8,10-12H,4,9H2,1-3H3,(H,17,21)/t12-/m0/s1. The van der Waals surface area contributed by atoms with Crippen LogP contribution in [0, 0.1) is 0 Å². The lowest BCUT2D eigenvalue weighted by molar-refractivity contribution is 0.396. The molecule has 0 saturated carbocycles. The van der Waals surface area contributed by atoms with Gasteiger partial charge in [-0.15, -0.1) is 0 Å². The first-order valence-electron chi connectivity index (χ1n) is 7.09. The van der Waals surface area contributed by atoms with E-state index < -0.39 is 0 Å². The maximum Gasteiger partial charge on any atom is 0.169 e. The van der Waals surface area contributed by atoms with Gasteiger partial charge in [0.2, 0.25) is 0 Å². The Kier molecular flexibility index (Phi) is 5.27. The van der Waals surface area contributed by atoms with Gasteiger partial charge in [-0.2, -0.15) is 5.10 Å². The third-order valence-electron chi connectivity index (χ3n) is 3.49. The van der Waals surface area contributed by atoms with Crippen molar-refractivity contribution in [3.8, 4) is 5.69 Å². The highest BCUT2D eigenvalue weighted by atomic mass is 32.1. The first-order valence-corrected chi connectivity index (χ1v) is 7.50. The third kappa shape index (κ3) is 3.78. The smallest absolute Gasteiger partial charge is 0.169 e. The predicted octanol–water partition coefficient (Wildman–Crippen LogP) is 2.54. The van der Waals surface area contributed by atoms with E-state index in [0.717, 1.165) is 23.8 Å². The second-order valence-electron chi connectivity index (χ2n) is 4.95. The van der Waals surface area contributed by atoms with Crippen LogP contribution >= 0.6 is 12.2 Å². The number of rotatable bonds is 5. The molecule has 2 rings (SSSR count). The van der Waals surface area contributed by atoms with Crippen molar-refractivity contribution in [1.82, 2.24) is 25.0 Å². The lowest BCUT2D eigenvalue weighted by Crippen LogP contribution is -2.38. The van der Waals surface area contributed by atoms with Crippen molar-refractivity contribution >= 4 is 17.3 Å². The summed E-state index contributed by atoms with van der Waals surface area (Å²) in [5.74, 6) is 0. The van der Waals surface area contributed by atoms with E-state index in [9.17, 15) is 0 Å². The monoisotopic (exact) mass is 303 g/mol. The van der Waals surface area contributed by atoms with Crippen molar-refractivity contribution < 1.29 is 0 Å². The third-order valence-corrected chi connectivity index (χ3v) is 3.92. The Bertz CT molecular complexity index is 564. The summed E-state index contributed by atoms with van der Waals surface area (Å²) < 4.78 is 1.74. The Labute approximate surface area is 131 Å². The molecular weight excluding hydrogens is 282 g/mol. The molecule has 0 bridgehead atoms. The van der Waals surface area contributed by atoms with Gasteiger partial charge < -0.3 is 10.2 Å². The number of nitrogens with zero attached hydrogens (tertiary/aromatic N) is 4. The summed E-state index contributed by atoms with van der Waals surface area (Å²) in [5, 5.41) is 8.16. The Morgan fingerprint density at radius 1 is 1.38 bits per heavy atom. The van der Waals surface area contributed by atoms with E-state index in [-0.39, 0.29) is 6.04 Å². The molecule has 0 amide bonds. The summed E-state index contributed by atoms with van der Waals surface area (Å²) in [5.41, 5.74) is 2.21. The van der Waals surface area contributed by atoms with E-state index in [0.29, 0.717) is 0 Å². The molecular formula is C15H21N5S. The quantitative estimate of drug-likeness (QED) is 0.860. The van der Waals surface area contributed by atoms with Gasteiger partial charge in [-0.05, 0) is 43.3 Å². The van der Waals surface area contributed by atoms with Crippen LogP contribution in [0.3, 0.4) is 0 Å². The summed E-state index contributed by atoms with van der Waals surface area (Å²) in [6, 6.07) is 8.49. The SMILES string of the molecule is CCCNC(=S)N(C)[C@@H](C)c1ccc(-n2cncn2)cc1. The average molecular weight is 303 g/mol. The highest BCUT2D eigenvalue weighted by Crippen LogP contribution is 2.20. The first kappa shape index (κ1) is 15.4.